The summed E-state index contributed by atoms with van der Waals surface area (Å²) in [6.45, 7) is 3.26. The molecule has 0 aliphatic carbocycles. The van der Waals surface area contributed by atoms with E-state index in [0.29, 0.717) is 5.56 Å². The van der Waals surface area contributed by atoms with Crippen molar-refractivity contribution in [1.29, 1.82) is 5.26 Å². The number of hydrogen-bond donors (Lipinski definition) is 1. The number of nitriles is 1. The highest BCUT2D eigenvalue weighted by Gasteiger charge is 2.05. The van der Waals surface area contributed by atoms with E-state index in [4.69, 9.17) is 5.26 Å². The molecule has 0 atom stereocenters. The van der Waals surface area contributed by atoms with E-state index in [1.54, 1.807) is 38.1 Å². The molecule has 0 saturated heterocycles. The summed E-state index contributed by atoms with van der Waals surface area (Å²) in [7, 11) is 0. The van der Waals surface area contributed by atoms with Crippen LogP contribution < -0.4 is 0 Å². The smallest absolute Gasteiger partial charge is 0.120 e. The molecule has 0 saturated carbocycles. The number of aliphatic hydroxyl groups is 1. The first-order valence-electron chi connectivity index (χ1n) is 4.27. The van der Waals surface area contributed by atoms with E-state index < -0.39 is 5.60 Å². The van der Waals surface area contributed by atoms with E-state index in [0.717, 1.165) is 5.56 Å². The van der Waals surface area contributed by atoms with E-state index >= 15 is 0 Å². The van der Waals surface area contributed by atoms with Crippen LogP contribution in [0, 0.1) is 23.2 Å². The highest BCUT2D eigenvalue weighted by molar-refractivity contribution is 5.40. The summed E-state index contributed by atoms with van der Waals surface area (Å²) in [5.41, 5.74) is 0.429. The molecule has 0 aliphatic heterocycles. The Morgan fingerprint density at radius 3 is 2.07 bits per heavy atom. The molecule has 0 spiro atoms. The van der Waals surface area contributed by atoms with Gasteiger partial charge in [-0.05, 0) is 38.1 Å². The molecule has 1 aromatic rings. The zero-order valence-electron chi connectivity index (χ0n) is 8.20. The van der Waals surface area contributed by atoms with Gasteiger partial charge in [0, 0.05) is 5.56 Å². The van der Waals surface area contributed by atoms with Gasteiger partial charge in [0.05, 0.1) is 11.6 Å². The Balaban J connectivity index is 2.89. The van der Waals surface area contributed by atoms with E-state index in [2.05, 4.69) is 11.8 Å². The molecule has 1 aromatic carbocycles. The minimum atomic E-state index is -0.978. The van der Waals surface area contributed by atoms with Crippen LogP contribution in [0.15, 0.2) is 24.3 Å². The van der Waals surface area contributed by atoms with Gasteiger partial charge in [0.25, 0.3) is 0 Å². The molecular weight excluding hydrogens is 174 g/mol. The van der Waals surface area contributed by atoms with E-state index in [1.807, 2.05) is 6.07 Å². The largest absolute Gasteiger partial charge is 0.378 e. The summed E-state index contributed by atoms with van der Waals surface area (Å²) in [6, 6.07) is 8.96. The van der Waals surface area contributed by atoms with Gasteiger partial charge in [0.2, 0.25) is 0 Å². The molecule has 0 heterocycles. The molecule has 2 heteroatoms. The van der Waals surface area contributed by atoms with Gasteiger partial charge < -0.3 is 5.11 Å². The summed E-state index contributed by atoms with van der Waals surface area (Å²) >= 11 is 0. The zero-order chi connectivity index (χ0) is 10.6. The van der Waals surface area contributed by atoms with Crippen LogP contribution in [0.2, 0.25) is 0 Å². The third kappa shape index (κ3) is 3.31. The monoisotopic (exact) mass is 185 g/mol. The lowest BCUT2D eigenvalue weighted by molar-refractivity contribution is 0.143. The molecular formula is C12H11NO. The van der Waals surface area contributed by atoms with Crippen molar-refractivity contribution < 1.29 is 5.11 Å². The van der Waals surface area contributed by atoms with Crippen LogP contribution in [0.4, 0.5) is 0 Å². The van der Waals surface area contributed by atoms with Crippen molar-refractivity contribution in [3.63, 3.8) is 0 Å². The molecule has 0 fully saturated rings. The molecule has 1 rings (SSSR count). The number of nitrogens with zero attached hydrogens (tertiary/aromatic N) is 1. The minimum absolute atomic E-state index is 0.610. The Morgan fingerprint density at radius 2 is 1.64 bits per heavy atom. The lowest BCUT2D eigenvalue weighted by atomic mass is 10.1. The van der Waals surface area contributed by atoms with Crippen molar-refractivity contribution in [2.24, 2.45) is 0 Å². The molecule has 0 aliphatic rings. The zero-order valence-corrected chi connectivity index (χ0v) is 8.20. The topological polar surface area (TPSA) is 44.0 Å². The Kier molecular flexibility index (Phi) is 2.92. The quantitative estimate of drug-likeness (QED) is 0.625. The standard InChI is InChI=1S/C12H11NO/c1-12(2,14)8-7-10-3-5-11(9-13)6-4-10/h3-6,14H,1-2H3. The highest BCUT2D eigenvalue weighted by Crippen LogP contribution is 2.03. The maximum Gasteiger partial charge on any atom is 0.120 e. The van der Waals surface area contributed by atoms with Gasteiger partial charge in [0.15, 0.2) is 0 Å². The van der Waals surface area contributed by atoms with E-state index in [9.17, 15) is 5.11 Å². The Labute approximate surface area is 83.8 Å². The van der Waals surface area contributed by atoms with Gasteiger partial charge in [-0.1, -0.05) is 11.8 Å². The van der Waals surface area contributed by atoms with Gasteiger partial charge >= 0.3 is 0 Å². The fourth-order valence-electron chi connectivity index (χ4n) is 0.853. The van der Waals surface area contributed by atoms with Crippen LogP contribution in [-0.4, -0.2) is 10.7 Å². The summed E-state index contributed by atoms with van der Waals surface area (Å²) < 4.78 is 0. The summed E-state index contributed by atoms with van der Waals surface area (Å²) in [5, 5.41) is 17.9. The summed E-state index contributed by atoms with van der Waals surface area (Å²) in [6.07, 6.45) is 0. The average molecular weight is 185 g/mol. The van der Waals surface area contributed by atoms with Crippen LogP contribution in [0.5, 0.6) is 0 Å². The van der Waals surface area contributed by atoms with Crippen molar-refractivity contribution >= 4 is 0 Å². The van der Waals surface area contributed by atoms with Gasteiger partial charge in [-0.25, -0.2) is 0 Å². The van der Waals surface area contributed by atoms with E-state index in [-0.39, 0.29) is 0 Å². The van der Waals surface area contributed by atoms with Crippen molar-refractivity contribution in [3.05, 3.63) is 35.4 Å². The van der Waals surface area contributed by atoms with Crippen LogP contribution in [0.1, 0.15) is 25.0 Å². The first-order chi connectivity index (χ1) is 6.51. The van der Waals surface area contributed by atoms with Crippen LogP contribution in [0.3, 0.4) is 0 Å². The second-order valence-corrected chi connectivity index (χ2v) is 3.50. The van der Waals surface area contributed by atoms with Gasteiger partial charge in [-0.2, -0.15) is 5.26 Å². The fourth-order valence-corrected chi connectivity index (χ4v) is 0.853. The lowest BCUT2D eigenvalue weighted by Crippen LogP contribution is -2.14. The minimum Gasteiger partial charge on any atom is -0.378 e. The molecule has 70 valence electrons. The number of rotatable bonds is 0. The molecule has 0 amide bonds. The van der Waals surface area contributed by atoms with Crippen LogP contribution in [-0.2, 0) is 0 Å². The van der Waals surface area contributed by atoms with Crippen molar-refractivity contribution in [3.8, 4) is 17.9 Å². The molecule has 0 radical (unpaired) electrons. The molecule has 0 bridgehead atoms. The highest BCUT2D eigenvalue weighted by atomic mass is 16.3. The van der Waals surface area contributed by atoms with Gasteiger partial charge in [-0.15, -0.1) is 0 Å². The Hall–Kier alpha value is -1.77. The van der Waals surface area contributed by atoms with Crippen molar-refractivity contribution in [2.75, 3.05) is 0 Å². The number of hydrogen-bond acceptors (Lipinski definition) is 2. The van der Waals surface area contributed by atoms with Crippen molar-refractivity contribution in [2.45, 2.75) is 19.4 Å². The van der Waals surface area contributed by atoms with E-state index in [1.165, 1.54) is 0 Å². The van der Waals surface area contributed by atoms with Gasteiger partial charge in [-0.3, -0.25) is 0 Å². The summed E-state index contributed by atoms with van der Waals surface area (Å²) in [4.78, 5) is 0. The third-order valence-corrected chi connectivity index (χ3v) is 1.53. The number of benzene rings is 1. The molecule has 0 unspecified atom stereocenters. The first-order valence-corrected chi connectivity index (χ1v) is 4.27. The predicted molar refractivity (Wildman–Crippen MR) is 54.3 cm³/mol. The molecule has 1 N–H and O–H groups in total. The SMILES string of the molecule is CC(C)(O)C#Cc1ccc(C#N)cc1. The average Bonchev–Trinajstić information content (AvgIpc) is 2.14. The predicted octanol–water partition coefficient (Wildman–Crippen LogP) is 1.68. The van der Waals surface area contributed by atoms with Gasteiger partial charge in [0.1, 0.15) is 5.60 Å². The normalized spacial score (nSPS) is 9.86. The lowest BCUT2D eigenvalue weighted by Gasteiger charge is -2.05. The Morgan fingerprint density at radius 1 is 1.14 bits per heavy atom. The second kappa shape index (κ2) is 3.96. The maximum atomic E-state index is 9.35. The molecule has 14 heavy (non-hydrogen) atoms. The fraction of sp³-hybridized carbons (Fsp3) is 0.250. The first kappa shape index (κ1) is 10.3. The van der Waals surface area contributed by atoms with Crippen LogP contribution in [0.25, 0.3) is 0 Å². The Bertz CT molecular complexity index is 407. The molecule has 0 aromatic heterocycles. The van der Waals surface area contributed by atoms with Crippen molar-refractivity contribution in [1.82, 2.24) is 0 Å². The summed E-state index contributed by atoms with van der Waals surface area (Å²) in [5.74, 6) is 5.52. The maximum absolute atomic E-state index is 9.35. The molecule has 2 nitrogen and oxygen atoms in total. The third-order valence-electron chi connectivity index (χ3n) is 1.53. The second-order valence-electron chi connectivity index (χ2n) is 3.50. The van der Waals surface area contributed by atoms with Crippen LogP contribution >= 0.6 is 0 Å².